The number of hydrogen-bond donors (Lipinski definition) is 0. The van der Waals surface area contributed by atoms with Gasteiger partial charge in [0, 0.05) is 50.0 Å². The minimum absolute atomic E-state index is 0.0464. The maximum Gasteiger partial charge on any atom is 0.363 e. The molecule has 0 radical (unpaired) electrons. The first-order chi connectivity index (χ1) is 20.6. The van der Waals surface area contributed by atoms with Gasteiger partial charge in [-0.1, -0.05) is 12.1 Å². The Balaban J connectivity index is 1.38. The summed E-state index contributed by atoms with van der Waals surface area (Å²) in [6, 6.07) is 7.55. The Morgan fingerprint density at radius 3 is 2.56 bits per heavy atom. The highest BCUT2D eigenvalue weighted by Gasteiger charge is 2.29. The molecule has 1 saturated heterocycles. The van der Waals surface area contributed by atoms with Crippen molar-refractivity contribution in [3.63, 3.8) is 0 Å². The van der Waals surface area contributed by atoms with Crippen molar-refractivity contribution in [1.82, 2.24) is 14.5 Å². The second-order valence-electron chi connectivity index (χ2n) is 11.2. The van der Waals surface area contributed by atoms with E-state index in [4.69, 9.17) is 4.74 Å². The van der Waals surface area contributed by atoms with Gasteiger partial charge in [0.2, 0.25) is 5.82 Å². The summed E-state index contributed by atoms with van der Waals surface area (Å²) >= 11 is 0. The Morgan fingerprint density at radius 2 is 1.86 bits per heavy atom. The van der Waals surface area contributed by atoms with Gasteiger partial charge in [-0.05, 0) is 65.4 Å². The first-order valence-electron chi connectivity index (χ1n) is 14.1. The Labute approximate surface area is 245 Å². The van der Waals surface area contributed by atoms with Crippen molar-refractivity contribution in [2.24, 2.45) is 0 Å². The molecule has 0 N–H and O–H groups in total. The summed E-state index contributed by atoms with van der Waals surface area (Å²) in [4.78, 5) is 32.5. The molecule has 9 nitrogen and oxygen atoms in total. The van der Waals surface area contributed by atoms with Gasteiger partial charge in [0.15, 0.2) is 23.2 Å². The third-order valence-corrected chi connectivity index (χ3v) is 8.32. The number of anilines is 1. The third kappa shape index (κ3) is 5.42. The van der Waals surface area contributed by atoms with Crippen LogP contribution in [-0.2, 0) is 19.6 Å². The number of nitrogens with zero attached hydrogens (tertiary/aromatic N) is 5. The van der Waals surface area contributed by atoms with Crippen molar-refractivity contribution in [3.8, 4) is 5.75 Å². The molecule has 224 valence electrons. The summed E-state index contributed by atoms with van der Waals surface area (Å²) in [7, 11) is 0. The van der Waals surface area contributed by atoms with E-state index in [1.165, 1.54) is 12.3 Å². The molecule has 12 heteroatoms. The molecule has 2 aromatic heterocycles. The molecule has 1 fully saturated rings. The molecule has 2 aliphatic rings. The van der Waals surface area contributed by atoms with E-state index < -0.39 is 22.0 Å². The summed E-state index contributed by atoms with van der Waals surface area (Å²) < 4.78 is 50.6. The molecule has 0 unspecified atom stereocenters. The number of pyridine rings is 2. The lowest BCUT2D eigenvalue weighted by atomic mass is 10.00. The van der Waals surface area contributed by atoms with E-state index in [1.807, 2.05) is 0 Å². The van der Waals surface area contributed by atoms with E-state index >= 15 is 0 Å². The van der Waals surface area contributed by atoms with E-state index in [0.717, 1.165) is 36.7 Å². The number of ether oxygens (including phenoxy) is 1. The average Bonchev–Trinajstić information content (AvgIpc) is 3.00. The van der Waals surface area contributed by atoms with Crippen LogP contribution in [0.4, 0.5) is 24.7 Å². The topological polar surface area (TPSA) is 93.7 Å². The van der Waals surface area contributed by atoms with Gasteiger partial charge in [-0.2, -0.15) is 4.39 Å². The molecule has 0 aliphatic carbocycles. The second kappa shape index (κ2) is 11.3. The van der Waals surface area contributed by atoms with Gasteiger partial charge in [0.1, 0.15) is 12.4 Å². The van der Waals surface area contributed by atoms with Crippen molar-refractivity contribution in [3.05, 3.63) is 103 Å². The number of rotatable bonds is 7. The molecular weight excluding hydrogens is 563 g/mol. The minimum Gasteiger partial charge on any atom is -0.486 e. The molecule has 4 heterocycles. The Morgan fingerprint density at radius 1 is 1.09 bits per heavy atom. The monoisotopic (exact) mass is 593 g/mol. The molecule has 0 spiro atoms. The number of benzene rings is 2. The van der Waals surface area contributed by atoms with Crippen LogP contribution in [0.5, 0.6) is 5.75 Å². The molecular formula is C31H30F3N5O4. The maximum absolute atomic E-state index is 14.5. The molecule has 0 saturated carbocycles. The fourth-order valence-electron chi connectivity index (χ4n) is 6.26. The zero-order valence-corrected chi connectivity index (χ0v) is 23.8. The quantitative estimate of drug-likeness (QED) is 0.209. The van der Waals surface area contributed by atoms with Gasteiger partial charge in [-0.15, -0.1) is 0 Å². The molecule has 4 aromatic rings. The predicted octanol–water partition coefficient (Wildman–Crippen LogP) is 5.40. The highest BCUT2D eigenvalue weighted by Crippen LogP contribution is 2.33. The Kier molecular flexibility index (Phi) is 7.55. The van der Waals surface area contributed by atoms with Crippen molar-refractivity contribution >= 4 is 22.4 Å². The summed E-state index contributed by atoms with van der Waals surface area (Å²) in [6.07, 6.45) is 4.83. The second-order valence-corrected chi connectivity index (χ2v) is 11.2. The zero-order valence-electron chi connectivity index (χ0n) is 23.8. The van der Waals surface area contributed by atoms with E-state index in [-0.39, 0.29) is 47.5 Å². The predicted molar refractivity (Wildman–Crippen MR) is 155 cm³/mol. The summed E-state index contributed by atoms with van der Waals surface area (Å²) in [5.41, 5.74) is 2.96. The van der Waals surface area contributed by atoms with Crippen LogP contribution in [0.3, 0.4) is 0 Å². The van der Waals surface area contributed by atoms with E-state index in [9.17, 15) is 28.1 Å². The molecule has 2 aliphatic heterocycles. The average molecular weight is 594 g/mol. The van der Waals surface area contributed by atoms with Crippen LogP contribution in [0.2, 0.25) is 0 Å². The minimum atomic E-state index is -1.14. The van der Waals surface area contributed by atoms with Gasteiger partial charge in [0.25, 0.3) is 0 Å². The first-order valence-corrected chi connectivity index (χ1v) is 14.1. The first kappa shape index (κ1) is 28.7. The maximum atomic E-state index is 14.5. The molecule has 43 heavy (non-hydrogen) atoms. The van der Waals surface area contributed by atoms with Gasteiger partial charge in [-0.25, -0.2) is 8.78 Å². The van der Waals surface area contributed by atoms with Crippen LogP contribution in [0, 0.1) is 41.4 Å². The fraction of sp³-hybridized carbons (Fsp3) is 0.355. The van der Waals surface area contributed by atoms with Crippen LogP contribution < -0.4 is 15.1 Å². The molecule has 0 amide bonds. The van der Waals surface area contributed by atoms with Gasteiger partial charge in [-0.3, -0.25) is 9.69 Å². The van der Waals surface area contributed by atoms with E-state index in [2.05, 4.69) is 14.8 Å². The highest BCUT2D eigenvalue weighted by molar-refractivity contribution is 5.86. The number of nitro groups is 1. The summed E-state index contributed by atoms with van der Waals surface area (Å²) in [6.45, 7) is 5.89. The third-order valence-electron chi connectivity index (χ3n) is 8.32. The largest absolute Gasteiger partial charge is 0.486 e. The Hall–Kier alpha value is -4.45. The van der Waals surface area contributed by atoms with Gasteiger partial charge in [0.05, 0.1) is 23.1 Å². The fourth-order valence-corrected chi connectivity index (χ4v) is 6.26. The van der Waals surface area contributed by atoms with Crippen molar-refractivity contribution in [2.75, 3.05) is 24.6 Å². The van der Waals surface area contributed by atoms with Crippen molar-refractivity contribution in [1.29, 1.82) is 0 Å². The van der Waals surface area contributed by atoms with Crippen LogP contribution >= 0.6 is 0 Å². The van der Waals surface area contributed by atoms with E-state index in [0.29, 0.717) is 36.3 Å². The lowest BCUT2D eigenvalue weighted by Crippen LogP contribution is -2.48. The highest BCUT2D eigenvalue weighted by atomic mass is 19.2. The van der Waals surface area contributed by atoms with Crippen LogP contribution in [0.25, 0.3) is 10.9 Å². The van der Waals surface area contributed by atoms with Gasteiger partial charge < -0.3 is 24.3 Å². The van der Waals surface area contributed by atoms with Crippen LogP contribution in [0.15, 0.2) is 47.5 Å². The van der Waals surface area contributed by atoms with E-state index in [1.54, 1.807) is 42.8 Å². The SMILES string of the molecule is Cc1cc(CN(Cc2cn3c4c(c(F)c(F)cc4c2=O)OCC3)[C@H]2CCCN(c3ccc([N+](=O)[O-])nc3)C2)cc(C)c1F. The number of piperidine rings is 1. The number of halogens is 3. The molecule has 0 bridgehead atoms. The van der Waals surface area contributed by atoms with Crippen LogP contribution in [-0.4, -0.2) is 45.1 Å². The van der Waals surface area contributed by atoms with Crippen molar-refractivity contribution < 1.29 is 22.8 Å². The standard InChI is InChI=1S/C31H30F3N5O4/c1-18-10-20(11-19(2)27(18)33)14-38(23-4-3-7-36(17-23)22-5-6-26(35-13-22)39(41)42)16-21-15-37-8-9-43-31-28(34)25(32)12-24(29(31)37)30(21)40/h5-6,10-13,15,23H,3-4,7-9,14,16-17H2,1-2H3/t23-/m0/s1. The summed E-state index contributed by atoms with van der Waals surface area (Å²) in [5.74, 6) is -2.99. The molecule has 1 atom stereocenters. The lowest BCUT2D eigenvalue weighted by Gasteiger charge is -2.40. The smallest absolute Gasteiger partial charge is 0.363 e. The number of aromatic nitrogens is 2. The number of aryl methyl sites for hydroxylation is 2. The van der Waals surface area contributed by atoms with Crippen LogP contribution in [0.1, 0.15) is 35.1 Å². The van der Waals surface area contributed by atoms with Gasteiger partial charge >= 0.3 is 5.82 Å². The normalized spacial score (nSPS) is 16.5. The number of hydrogen-bond acceptors (Lipinski definition) is 7. The zero-order chi connectivity index (χ0) is 30.4. The molecule has 6 rings (SSSR count). The lowest BCUT2D eigenvalue weighted by molar-refractivity contribution is -0.389. The Bertz CT molecular complexity index is 1770. The van der Waals surface area contributed by atoms with Crippen molar-refractivity contribution in [2.45, 2.75) is 52.4 Å². The molecule has 2 aromatic carbocycles. The summed E-state index contributed by atoms with van der Waals surface area (Å²) in [5, 5.41) is 11.1.